The van der Waals surface area contributed by atoms with Gasteiger partial charge in [0.05, 0.1) is 6.10 Å². The van der Waals surface area contributed by atoms with Gasteiger partial charge in [-0.1, -0.05) is 6.07 Å². The van der Waals surface area contributed by atoms with Crippen LogP contribution in [-0.4, -0.2) is 43.7 Å². The van der Waals surface area contributed by atoms with Crippen LogP contribution in [0.2, 0.25) is 0 Å². The maximum atomic E-state index is 9.76. The zero-order valence-electron chi connectivity index (χ0n) is 12.4. The van der Waals surface area contributed by atoms with Gasteiger partial charge in [-0.05, 0) is 43.9 Å². The lowest BCUT2D eigenvalue weighted by molar-refractivity contribution is 0.0598. The van der Waals surface area contributed by atoms with Crippen LogP contribution in [0.4, 0.5) is 0 Å². The fourth-order valence-corrected chi connectivity index (χ4v) is 2.94. The van der Waals surface area contributed by atoms with E-state index in [1.807, 2.05) is 30.0 Å². The van der Waals surface area contributed by atoms with Gasteiger partial charge in [-0.15, -0.1) is 0 Å². The maximum Gasteiger partial charge on any atom is 0.137 e. The average Bonchev–Trinajstić information content (AvgIpc) is 3.02. The Bertz CT molecular complexity index is 550. The number of hydrogen-bond acceptors (Lipinski definition) is 4. The van der Waals surface area contributed by atoms with Crippen LogP contribution < -0.4 is 0 Å². The zero-order chi connectivity index (χ0) is 14.7. The van der Waals surface area contributed by atoms with Gasteiger partial charge in [0.1, 0.15) is 12.1 Å². The van der Waals surface area contributed by atoms with Crippen molar-refractivity contribution in [3.8, 4) is 5.82 Å². The third-order valence-corrected chi connectivity index (χ3v) is 4.21. The first-order valence-electron chi connectivity index (χ1n) is 7.56. The monoisotopic (exact) mass is 286 g/mol. The summed E-state index contributed by atoms with van der Waals surface area (Å²) in [4.78, 5) is 10.9. The van der Waals surface area contributed by atoms with Gasteiger partial charge < -0.3 is 5.11 Å². The molecule has 2 atom stereocenters. The van der Waals surface area contributed by atoms with Crippen molar-refractivity contribution in [1.29, 1.82) is 0 Å². The number of likely N-dealkylation sites (tertiary alicyclic amines) is 1. The number of imidazole rings is 1. The molecule has 1 N–H and O–H groups in total. The molecule has 0 amide bonds. The standard InChI is InChI=1S/C16H22N4O/c1-13(21)15-3-2-7-19(11-15)10-14-4-5-16(18-9-14)20-8-6-17-12-20/h4-6,8-9,12-13,15,21H,2-3,7,10-11H2,1H3. The van der Waals surface area contributed by atoms with Crippen molar-refractivity contribution in [2.45, 2.75) is 32.4 Å². The van der Waals surface area contributed by atoms with Crippen molar-refractivity contribution in [2.75, 3.05) is 13.1 Å². The second-order valence-electron chi connectivity index (χ2n) is 5.87. The lowest BCUT2D eigenvalue weighted by Crippen LogP contribution is -2.39. The van der Waals surface area contributed by atoms with Crippen LogP contribution in [-0.2, 0) is 6.54 Å². The number of pyridine rings is 1. The molecule has 1 aliphatic rings. The molecule has 0 saturated carbocycles. The Hall–Kier alpha value is -1.72. The topological polar surface area (TPSA) is 54.2 Å². The second kappa shape index (κ2) is 6.37. The van der Waals surface area contributed by atoms with Crippen LogP contribution >= 0.6 is 0 Å². The molecular formula is C16H22N4O. The van der Waals surface area contributed by atoms with Gasteiger partial charge in [0, 0.05) is 31.7 Å². The molecule has 5 heteroatoms. The molecule has 3 heterocycles. The molecule has 0 radical (unpaired) electrons. The van der Waals surface area contributed by atoms with Gasteiger partial charge in [0.2, 0.25) is 0 Å². The third kappa shape index (κ3) is 3.49. The normalized spacial score (nSPS) is 21.3. The molecule has 3 rings (SSSR count). The van der Waals surface area contributed by atoms with Crippen molar-refractivity contribution in [3.05, 3.63) is 42.6 Å². The largest absolute Gasteiger partial charge is 0.393 e. The molecule has 1 fully saturated rings. The predicted molar refractivity (Wildman–Crippen MR) is 81.0 cm³/mol. The predicted octanol–water partition coefficient (Wildman–Crippen LogP) is 1.86. The van der Waals surface area contributed by atoms with Crippen molar-refractivity contribution in [2.24, 2.45) is 5.92 Å². The molecule has 1 aliphatic heterocycles. The molecule has 2 aromatic heterocycles. The Labute approximate surface area is 125 Å². The molecule has 112 valence electrons. The van der Waals surface area contributed by atoms with E-state index in [1.165, 1.54) is 5.56 Å². The van der Waals surface area contributed by atoms with Gasteiger partial charge in [-0.25, -0.2) is 9.97 Å². The summed E-state index contributed by atoms with van der Waals surface area (Å²) in [6.07, 6.45) is 9.40. The Morgan fingerprint density at radius 1 is 1.43 bits per heavy atom. The number of piperidine rings is 1. The molecule has 0 bridgehead atoms. The van der Waals surface area contributed by atoms with E-state index in [9.17, 15) is 5.11 Å². The average molecular weight is 286 g/mol. The quantitative estimate of drug-likeness (QED) is 0.932. The highest BCUT2D eigenvalue weighted by atomic mass is 16.3. The Balaban J connectivity index is 1.62. The lowest BCUT2D eigenvalue weighted by atomic mass is 9.93. The van der Waals surface area contributed by atoms with Crippen LogP contribution in [0, 0.1) is 5.92 Å². The minimum Gasteiger partial charge on any atom is -0.393 e. The summed E-state index contributed by atoms with van der Waals surface area (Å²) >= 11 is 0. The van der Waals surface area contributed by atoms with E-state index in [0.717, 1.165) is 38.3 Å². The van der Waals surface area contributed by atoms with Crippen LogP contribution in [0.1, 0.15) is 25.3 Å². The fraction of sp³-hybridized carbons (Fsp3) is 0.500. The molecule has 0 aliphatic carbocycles. The first-order valence-corrected chi connectivity index (χ1v) is 7.56. The van der Waals surface area contributed by atoms with Crippen LogP contribution in [0.5, 0.6) is 0 Å². The second-order valence-corrected chi connectivity index (χ2v) is 5.87. The van der Waals surface area contributed by atoms with E-state index in [4.69, 9.17) is 0 Å². The first-order chi connectivity index (χ1) is 10.2. The van der Waals surface area contributed by atoms with Gasteiger partial charge in [0.25, 0.3) is 0 Å². The molecule has 2 unspecified atom stereocenters. The van der Waals surface area contributed by atoms with Gasteiger partial charge >= 0.3 is 0 Å². The van der Waals surface area contributed by atoms with Crippen LogP contribution in [0.25, 0.3) is 5.82 Å². The molecule has 21 heavy (non-hydrogen) atoms. The minimum atomic E-state index is -0.213. The Morgan fingerprint density at radius 2 is 2.33 bits per heavy atom. The number of rotatable bonds is 4. The summed E-state index contributed by atoms with van der Waals surface area (Å²) in [7, 11) is 0. The highest BCUT2D eigenvalue weighted by Crippen LogP contribution is 2.21. The highest BCUT2D eigenvalue weighted by molar-refractivity contribution is 5.25. The summed E-state index contributed by atoms with van der Waals surface area (Å²) in [6.45, 7) is 4.88. The summed E-state index contributed by atoms with van der Waals surface area (Å²) in [6, 6.07) is 4.14. The highest BCUT2D eigenvalue weighted by Gasteiger charge is 2.23. The number of aliphatic hydroxyl groups is 1. The zero-order valence-corrected chi connectivity index (χ0v) is 12.4. The summed E-state index contributed by atoms with van der Waals surface area (Å²) < 4.78 is 1.90. The van der Waals surface area contributed by atoms with E-state index in [1.54, 1.807) is 12.5 Å². The van der Waals surface area contributed by atoms with Crippen molar-refractivity contribution in [3.63, 3.8) is 0 Å². The number of hydrogen-bond donors (Lipinski definition) is 1. The van der Waals surface area contributed by atoms with Gasteiger partial charge in [-0.2, -0.15) is 0 Å². The first kappa shape index (κ1) is 14.2. The van der Waals surface area contributed by atoms with Crippen molar-refractivity contribution < 1.29 is 5.11 Å². The van der Waals surface area contributed by atoms with E-state index in [2.05, 4.69) is 20.9 Å². The van der Waals surface area contributed by atoms with Crippen molar-refractivity contribution in [1.82, 2.24) is 19.4 Å². The van der Waals surface area contributed by atoms with E-state index < -0.39 is 0 Å². The van der Waals surface area contributed by atoms with E-state index >= 15 is 0 Å². The minimum absolute atomic E-state index is 0.213. The summed E-state index contributed by atoms with van der Waals surface area (Å²) in [5.74, 6) is 1.29. The van der Waals surface area contributed by atoms with Crippen LogP contribution in [0.15, 0.2) is 37.1 Å². The van der Waals surface area contributed by atoms with Gasteiger partial charge in [0.15, 0.2) is 0 Å². The van der Waals surface area contributed by atoms with Crippen molar-refractivity contribution >= 4 is 0 Å². The van der Waals surface area contributed by atoms with Crippen LogP contribution in [0.3, 0.4) is 0 Å². The molecule has 5 nitrogen and oxygen atoms in total. The molecule has 1 saturated heterocycles. The molecular weight excluding hydrogens is 264 g/mol. The Kier molecular flexibility index (Phi) is 4.31. The van der Waals surface area contributed by atoms with Gasteiger partial charge in [-0.3, -0.25) is 9.47 Å². The summed E-state index contributed by atoms with van der Waals surface area (Å²) in [5, 5.41) is 9.76. The Morgan fingerprint density at radius 3 is 3.00 bits per heavy atom. The molecule has 0 spiro atoms. The summed E-state index contributed by atoms with van der Waals surface area (Å²) in [5.41, 5.74) is 1.21. The van der Waals surface area contributed by atoms with E-state index in [-0.39, 0.29) is 6.10 Å². The smallest absolute Gasteiger partial charge is 0.137 e. The third-order valence-electron chi connectivity index (χ3n) is 4.21. The number of aliphatic hydroxyl groups excluding tert-OH is 1. The fourth-order valence-electron chi connectivity index (χ4n) is 2.94. The molecule has 0 aromatic carbocycles. The lowest BCUT2D eigenvalue weighted by Gasteiger charge is -2.34. The van der Waals surface area contributed by atoms with E-state index in [0.29, 0.717) is 5.92 Å². The maximum absolute atomic E-state index is 9.76. The number of nitrogens with zero attached hydrogens (tertiary/aromatic N) is 4. The molecule has 2 aromatic rings. The SMILES string of the molecule is CC(O)C1CCCN(Cc2ccc(-n3ccnc3)nc2)C1. The number of aromatic nitrogens is 3.